The van der Waals surface area contributed by atoms with Crippen molar-refractivity contribution in [1.82, 2.24) is 5.32 Å². The number of carbonyl (C=O) groups excluding carboxylic acids is 1. The number of nitrogens with one attached hydrogen (secondary N) is 2. The number of carbonyl (C=O) groups is 2. The lowest BCUT2D eigenvalue weighted by Gasteiger charge is -2.17. The topological polar surface area (TPSA) is 78.4 Å². The molecule has 1 atom stereocenters. The van der Waals surface area contributed by atoms with Crippen LogP contribution in [0, 0.1) is 19.8 Å². The summed E-state index contributed by atoms with van der Waals surface area (Å²) in [6, 6.07) is 4.31. The predicted octanol–water partition coefficient (Wildman–Crippen LogP) is 2.92. The molecule has 1 aromatic rings. The first-order valence-corrected chi connectivity index (χ1v) is 6.66. The van der Waals surface area contributed by atoms with Gasteiger partial charge < -0.3 is 15.7 Å². The zero-order chi connectivity index (χ0) is 15.3. The lowest BCUT2D eigenvalue weighted by Crippen LogP contribution is -2.43. The summed E-state index contributed by atoms with van der Waals surface area (Å²) in [5.74, 6) is -0.827. The van der Waals surface area contributed by atoms with E-state index in [1.807, 2.05) is 45.9 Å². The Morgan fingerprint density at radius 1 is 1.15 bits per heavy atom. The van der Waals surface area contributed by atoms with Gasteiger partial charge in [0.1, 0.15) is 6.04 Å². The second-order valence-electron chi connectivity index (χ2n) is 5.50. The highest BCUT2D eigenvalue weighted by Gasteiger charge is 2.20. The number of amides is 2. The fourth-order valence-electron chi connectivity index (χ4n) is 2.07. The Morgan fingerprint density at radius 2 is 1.70 bits per heavy atom. The Morgan fingerprint density at radius 3 is 2.15 bits per heavy atom. The minimum atomic E-state index is -1.02. The van der Waals surface area contributed by atoms with Crippen molar-refractivity contribution in [2.24, 2.45) is 5.92 Å². The molecule has 20 heavy (non-hydrogen) atoms. The molecule has 0 aliphatic carbocycles. The van der Waals surface area contributed by atoms with Crippen LogP contribution in [0.1, 0.15) is 31.4 Å². The number of hydrogen-bond acceptors (Lipinski definition) is 2. The summed E-state index contributed by atoms with van der Waals surface area (Å²) >= 11 is 0. The fourth-order valence-corrected chi connectivity index (χ4v) is 2.07. The molecule has 5 heteroatoms. The Hall–Kier alpha value is -2.04. The van der Waals surface area contributed by atoms with Crippen molar-refractivity contribution in [2.75, 3.05) is 5.32 Å². The van der Waals surface area contributed by atoms with E-state index < -0.39 is 18.0 Å². The summed E-state index contributed by atoms with van der Waals surface area (Å²) in [5, 5.41) is 14.2. The Kier molecular flexibility index (Phi) is 5.55. The molecule has 0 radical (unpaired) electrons. The van der Waals surface area contributed by atoms with Crippen molar-refractivity contribution in [3.63, 3.8) is 0 Å². The second-order valence-corrected chi connectivity index (χ2v) is 5.50. The molecule has 0 aliphatic rings. The first-order chi connectivity index (χ1) is 9.27. The van der Waals surface area contributed by atoms with E-state index in [4.69, 9.17) is 5.11 Å². The Labute approximate surface area is 119 Å². The van der Waals surface area contributed by atoms with E-state index >= 15 is 0 Å². The predicted molar refractivity (Wildman–Crippen MR) is 78.9 cm³/mol. The highest BCUT2D eigenvalue weighted by molar-refractivity contribution is 5.92. The van der Waals surface area contributed by atoms with E-state index in [0.29, 0.717) is 12.1 Å². The van der Waals surface area contributed by atoms with Gasteiger partial charge in [0.2, 0.25) is 0 Å². The quantitative estimate of drug-likeness (QED) is 0.775. The summed E-state index contributed by atoms with van der Waals surface area (Å²) in [7, 11) is 0. The Balaban J connectivity index is 2.68. The van der Waals surface area contributed by atoms with Gasteiger partial charge in [0.15, 0.2) is 0 Å². The molecule has 0 saturated carbocycles. The van der Waals surface area contributed by atoms with Gasteiger partial charge in [0.05, 0.1) is 0 Å². The van der Waals surface area contributed by atoms with Crippen LogP contribution in [-0.4, -0.2) is 23.1 Å². The highest BCUT2D eigenvalue weighted by Crippen LogP contribution is 2.13. The van der Waals surface area contributed by atoms with Crippen LogP contribution < -0.4 is 10.6 Å². The van der Waals surface area contributed by atoms with Crippen LogP contribution in [0.3, 0.4) is 0 Å². The van der Waals surface area contributed by atoms with Crippen molar-refractivity contribution in [2.45, 2.75) is 40.2 Å². The van der Waals surface area contributed by atoms with Crippen LogP contribution in [-0.2, 0) is 4.79 Å². The van der Waals surface area contributed by atoms with Crippen molar-refractivity contribution in [3.05, 3.63) is 29.3 Å². The lowest BCUT2D eigenvalue weighted by atomic mass is 10.0. The molecule has 0 unspecified atom stereocenters. The van der Waals surface area contributed by atoms with Gasteiger partial charge in [0, 0.05) is 5.69 Å². The molecule has 0 saturated heterocycles. The van der Waals surface area contributed by atoms with Gasteiger partial charge in [-0.05, 0) is 49.4 Å². The molecule has 1 rings (SSSR count). The van der Waals surface area contributed by atoms with E-state index in [1.54, 1.807) is 0 Å². The normalized spacial score (nSPS) is 12.1. The van der Waals surface area contributed by atoms with Gasteiger partial charge in [-0.2, -0.15) is 0 Å². The molecule has 110 valence electrons. The average Bonchev–Trinajstić information content (AvgIpc) is 2.25. The van der Waals surface area contributed by atoms with Crippen LogP contribution in [0.15, 0.2) is 18.2 Å². The van der Waals surface area contributed by atoms with Crippen molar-refractivity contribution in [1.29, 1.82) is 0 Å². The third-order valence-electron chi connectivity index (χ3n) is 2.79. The first-order valence-electron chi connectivity index (χ1n) is 6.66. The van der Waals surface area contributed by atoms with Crippen LogP contribution in [0.4, 0.5) is 10.5 Å². The van der Waals surface area contributed by atoms with Crippen molar-refractivity contribution in [3.8, 4) is 0 Å². The monoisotopic (exact) mass is 278 g/mol. The van der Waals surface area contributed by atoms with Crippen LogP contribution in [0.2, 0.25) is 0 Å². The van der Waals surface area contributed by atoms with E-state index in [9.17, 15) is 9.59 Å². The molecule has 0 fully saturated rings. The molecule has 2 amide bonds. The number of carboxylic acid groups (broad SMARTS) is 1. The summed E-state index contributed by atoms with van der Waals surface area (Å²) in [6.45, 7) is 7.71. The molecular weight excluding hydrogens is 256 g/mol. The third-order valence-corrected chi connectivity index (χ3v) is 2.79. The summed E-state index contributed by atoms with van der Waals surface area (Å²) in [5.41, 5.74) is 2.74. The zero-order valence-corrected chi connectivity index (χ0v) is 12.4. The Bertz CT molecular complexity index is 478. The number of anilines is 1. The largest absolute Gasteiger partial charge is 0.480 e. The number of urea groups is 1. The molecular formula is C15H22N2O3. The number of rotatable bonds is 5. The number of aliphatic carboxylic acids is 1. The number of aryl methyl sites for hydroxylation is 2. The summed E-state index contributed by atoms with van der Waals surface area (Å²) in [4.78, 5) is 22.9. The van der Waals surface area contributed by atoms with Gasteiger partial charge in [-0.1, -0.05) is 19.9 Å². The SMILES string of the molecule is Cc1cc(C)cc(NC(=O)N[C@@H](CC(C)C)C(=O)O)c1. The molecule has 1 aromatic carbocycles. The zero-order valence-electron chi connectivity index (χ0n) is 12.4. The van der Waals surface area contributed by atoms with E-state index in [0.717, 1.165) is 11.1 Å². The minimum absolute atomic E-state index is 0.192. The maximum atomic E-state index is 11.8. The van der Waals surface area contributed by atoms with E-state index in [-0.39, 0.29) is 5.92 Å². The van der Waals surface area contributed by atoms with Crippen LogP contribution in [0.5, 0.6) is 0 Å². The van der Waals surface area contributed by atoms with Crippen molar-refractivity contribution < 1.29 is 14.7 Å². The van der Waals surface area contributed by atoms with E-state index in [2.05, 4.69) is 10.6 Å². The number of benzene rings is 1. The van der Waals surface area contributed by atoms with Gasteiger partial charge in [0.25, 0.3) is 0 Å². The van der Waals surface area contributed by atoms with Crippen LogP contribution in [0.25, 0.3) is 0 Å². The molecule has 0 bridgehead atoms. The smallest absolute Gasteiger partial charge is 0.326 e. The molecule has 0 aromatic heterocycles. The maximum absolute atomic E-state index is 11.8. The number of carboxylic acids is 1. The summed E-state index contributed by atoms with van der Waals surface area (Å²) in [6.07, 6.45) is 0.398. The second kappa shape index (κ2) is 6.93. The van der Waals surface area contributed by atoms with Gasteiger partial charge in [-0.15, -0.1) is 0 Å². The van der Waals surface area contributed by atoms with Gasteiger partial charge in [-0.3, -0.25) is 0 Å². The fraction of sp³-hybridized carbons (Fsp3) is 0.467. The highest BCUT2D eigenvalue weighted by atomic mass is 16.4. The lowest BCUT2D eigenvalue weighted by molar-refractivity contribution is -0.139. The van der Waals surface area contributed by atoms with Crippen LogP contribution >= 0.6 is 0 Å². The third kappa shape index (κ3) is 5.30. The average molecular weight is 278 g/mol. The minimum Gasteiger partial charge on any atom is -0.480 e. The van der Waals surface area contributed by atoms with Crippen molar-refractivity contribution >= 4 is 17.7 Å². The first kappa shape index (κ1) is 16.0. The molecule has 5 nitrogen and oxygen atoms in total. The molecule has 0 heterocycles. The molecule has 3 N–H and O–H groups in total. The molecule has 0 spiro atoms. The van der Waals surface area contributed by atoms with E-state index in [1.165, 1.54) is 0 Å². The maximum Gasteiger partial charge on any atom is 0.326 e. The number of hydrogen-bond donors (Lipinski definition) is 3. The van der Waals surface area contributed by atoms with Gasteiger partial charge in [-0.25, -0.2) is 9.59 Å². The molecule has 0 aliphatic heterocycles. The van der Waals surface area contributed by atoms with Gasteiger partial charge >= 0.3 is 12.0 Å². The summed E-state index contributed by atoms with van der Waals surface area (Å²) < 4.78 is 0. The standard InChI is InChI=1S/C15H22N2O3/c1-9(2)5-13(14(18)19)17-15(20)16-12-7-10(3)6-11(4)8-12/h6-9,13H,5H2,1-4H3,(H,18,19)(H2,16,17,20)/t13-/m0/s1.